The van der Waals surface area contributed by atoms with Crippen molar-refractivity contribution in [2.45, 2.75) is 26.3 Å². The second-order valence-corrected chi connectivity index (χ2v) is 3.30. The summed E-state index contributed by atoms with van der Waals surface area (Å²) >= 11 is 4.17. The largest absolute Gasteiger partial charge is 0.334 e. The highest BCUT2D eigenvalue weighted by atomic mass is 32.1. The SMILES string of the molecule is CC(C)c1nccn1CCS. The minimum atomic E-state index is 0.505. The van der Waals surface area contributed by atoms with Crippen LogP contribution < -0.4 is 0 Å². The van der Waals surface area contributed by atoms with Gasteiger partial charge < -0.3 is 4.57 Å². The molecule has 0 saturated carbocycles. The van der Waals surface area contributed by atoms with Gasteiger partial charge in [-0.3, -0.25) is 0 Å². The standard InChI is InChI=1S/C8H14N2S/c1-7(2)8-9-3-4-10(8)5-6-11/h3-4,7,11H,5-6H2,1-2H3. The third kappa shape index (κ3) is 1.99. The Bertz CT molecular complexity index is 218. The minimum Gasteiger partial charge on any atom is -0.334 e. The summed E-state index contributed by atoms with van der Waals surface area (Å²) in [6.45, 7) is 5.26. The molecule has 0 unspecified atom stereocenters. The number of imidazole rings is 1. The van der Waals surface area contributed by atoms with E-state index in [1.54, 1.807) is 0 Å². The summed E-state index contributed by atoms with van der Waals surface area (Å²) in [6.07, 6.45) is 3.85. The Kier molecular flexibility index (Phi) is 3.00. The van der Waals surface area contributed by atoms with Gasteiger partial charge in [-0.15, -0.1) is 0 Å². The number of aryl methyl sites for hydroxylation is 1. The molecule has 1 heterocycles. The molecule has 0 aliphatic heterocycles. The van der Waals surface area contributed by atoms with Crippen LogP contribution in [0.15, 0.2) is 12.4 Å². The molecule has 0 spiro atoms. The number of thiol groups is 1. The third-order valence-corrected chi connectivity index (χ3v) is 1.80. The van der Waals surface area contributed by atoms with Crippen LogP contribution in [0, 0.1) is 0 Å². The zero-order chi connectivity index (χ0) is 8.27. The Balaban J connectivity index is 2.78. The Hall–Kier alpha value is -0.440. The molecule has 62 valence electrons. The highest BCUT2D eigenvalue weighted by molar-refractivity contribution is 7.80. The van der Waals surface area contributed by atoms with Gasteiger partial charge in [-0.05, 0) is 0 Å². The number of nitrogens with zero attached hydrogens (tertiary/aromatic N) is 2. The molecule has 0 radical (unpaired) electrons. The van der Waals surface area contributed by atoms with Crippen LogP contribution in [0.25, 0.3) is 0 Å². The van der Waals surface area contributed by atoms with Gasteiger partial charge >= 0.3 is 0 Å². The summed E-state index contributed by atoms with van der Waals surface area (Å²) in [7, 11) is 0. The van der Waals surface area contributed by atoms with Crippen molar-refractivity contribution >= 4 is 12.6 Å². The molecule has 0 aliphatic carbocycles. The van der Waals surface area contributed by atoms with E-state index in [9.17, 15) is 0 Å². The highest BCUT2D eigenvalue weighted by Crippen LogP contribution is 2.11. The molecule has 0 aliphatic rings. The molecule has 1 rings (SSSR count). The van der Waals surface area contributed by atoms with Crippen LogP contribution in [0.4, 0.5) is 0 Å². The maximum Gasteiger partial charge on any atom is 0.111 e. The summed E-state index contributed by atoms with van der Waals surface area (Å²) in [5.74, 6) is 2.53. The lowest BCUT2D eigenvalue weighted by atomic mass is 10.2. The molecule has 0 fully saturated rings. The maximum absolute atomic E-state index is 4.26. The molecular formula is C8H14N2S. The van der Waals surface area contributed by atoms with Crippen LogP contribution in [0.1, 0.15) is 25.6 Å². The molecule has 0 atom stereocenters. The van der Waals surface area contributed by atoms with E-state index < -0.39 is 0 Å². The fourth-order valence-corrected chi connectivity index (χ4v) is 1.33. The Morgan fingerprint density at radius 1 is 1.64 bits per heavy atom. The van der Waals surface area contributed by atoms with Gasteiger partial charge in [0.05, 0.1) is 0 Å². The number of hydrogen-bond donors (Lipinski definition) is 1. The Morgan fingerprint density at radius 3 is 2.91 bits per heavy atom. The van der Waals surface area contributed by atoms with Gasteiger partial charge in [0.2, 0.25) is 0 Å². The predicted molar refractivity (Wildman–Crippen MR) is 50.2 cm³/mol. The predicted octanol–water partition coefficient (Wildman–Crippen LogP) is 1.94. The van der Waals surface area contributed by atoms with Crippen molar-refractivity contribution < 1.29 is 0 Å². The zero-order valence-corrected chi connectivity index (χ0v) is 7.88. The number of aromatic nitrogens is 2. The average molecular weight is 170 g/mol. The molecule has 1 aromatic heterocycles. The molecule has 0 amide bonds. The van der Waals surface area contributed by atoms with Crippen molar-refractivity contribution in [3.8, 4) is 0 Å². The van der Waals surface area contributed by atoms with E-state index in [0.717, 1.165) is 18.1 Å². The lowest BCUT2D eigenvalue weighted by Gasteiger charge is -2.07. The van der Waals surface area contributed by atoms with Gasteiger partial charge in [-0.2, -0.15) is 12.6 Å². The summed E-state index contributed by atoms with van der Waals surface area (Å²) in [6, 6.07) is 0. The highest BCUT2D eigenvalue weighted by Gasteiger charge is 2.04. The lowest BCUT2D eigenvalue weighted by Crippen LogP contribution is -2.05. The summed E-state index contributed by atoms with van der Waals surface area (Å²) in [5, 5.41) is 0. The van der Waals surface area contributed by atoms with Gasteiger partial charge in [-0.25, -0.2) is 4.98 Å². The van der Waals surface area contributed by atoms with Crippen molar-refractivity contribution in [1.82, 2.24) is 9.55 Å². The fourth-order valence-electron chi connectivity index (χ4n) is 1.12. The van der Waals surface area contributed by atoms with Crippen LogP contribution in [-0.2, 0) is 6.54 Å². The van der Waals surface area contributed by atoms with Crippen molar-refractivity contribution in [1.29, 1.82) is 0 Å². The molecule has 3 heteroatoms. The van der Waals surface area contributed by atoms with E-state index in [2.05, 4.69) is 36.0 Å². The van der Waals surface area contributed by atoms with Crippen LogP contribution in [0.3, 0.4) is 0 Å². The van der Waals surface area contributed by atoms with Gasteiger partial charge in [0.25, 0.3) is 0 Å². The van der Waals surface area contributed by atoms with Gasteiger partial charge in [0, 0.05) is 30.6 Å². The molecule has 1 aromatic rings. The minimum absolute atomic E-state index is 0.505. The first kappa shape index (κ1) is 8.65. The van der Waals surface area contributed by atoms with E-state index in [0.29, 0.717) is 5.92 Å². The van der Waals surface area contributed by atoms with E-state index in [1.165, 1.54) is 0 Å². The number of rotatable bonds is 3. The van der Waals surface area contributed by atoms with E-state index in [1.807, 2.05) is 12.4 Å². The second-order valence-electron chi connectivity index (χ2n) is 2.86. The monoisotopic (exact) mass is 170 g/mol. The Labute approximate surface area is 73.0 Å². The summed E-state index contributed by atoms with van der Waals surface area (Å²) < 4.78 is 2.15. The third-order valence-electron chi connectivity index (χ3n) is 1.60. The van der Waals surface area contributed by atoms with E-state index >= 15 is 0 Å². The molecule has 11 heavy (non-hydrogen) atoms. The van der Waals surface area contributed by atoms with Crippen LogP contribution in [-0.4, -0.2) is 15.3 Å². The molecule has 0 aromatic carbocycles. The van der Waals surface area contributed by atoms with Crippen molar-refractivity contribution in [2.24, 2.45) is 0 Å². The van der Waals surface area contributed by atoms with Gasteiger partial charge in [-0.1, -0.05) is 13.8 Å². The van der Waals surface area contributed by atoms with Crippen LogP contribution in [0.5, 0.6) is 0 Å². The van der Waals surface area contributed by atoms with Crippen LogP contribution in [0.2, 0.25) is 0 Å². The summed E-state index contributed by atoms with van der Waals surface area (Å²) in [4.78, 5) is 4.26. The average Bonchev–Trinajstić information content (AvgIpc) is 2.36. The quantitative estimate of drug-likeness (QED) is 0.686. The molecular weight excluding hydrogens is 156 g/mol. The van der Waals surface area contributed by atoms with E-state index in [4.69, 9.17) is 0 Å². The molecule has 0 bridgehead atoms. The second kappa shape index (κ2) is 3.81. The zero-order valence-electron chi connectivity index (χ0n) is 6.99. The first-order valence-electron chi connectivity index (χ1n) is 3.87. The maximum atomic E-state index is 4.26. The fraction of sp³-hybridized carbons (Fsp3) is 0.625. The van der Waals surface area contributed by atoms with Gasteiger partial charge in [0.15, 0.2) is 0 Å². The normalized spacial score (nSPS) is 10.9. The molecule has 2 nitrogen and oxygen atoms in total. The van der Waals surface area contributed by atoms with Crippen molar-refractivity contribution in [2.75, 3.05) is 5.75 Å². The Morgan fingerprint density at radius 2 is 2.36 bits per heavy atom. The number of hydrogen-bond acceptors (Lipinski definition) is 2. The van der Waals surface area contributed by atoms with E-state index in [-0.39, 0.29) is 0 Å². The molecule has 0 N–H and O–H groups in total. The van der Waals surface area contributed by atoms with Crippen molar-refractivity contribution in [3.05, 3.63) is 18.2 Å². The van der Waals surface area contributed by atoms with Crippen molar-refractivity contribution in [3.63, 3.8) is 0 Å². The smallest absolute Gasteiger partial charge is 0.111 e. The topological polar surface area (TPSA) is 17.8 Å². The van der Waals surface area contributed by atoms with Crippen LogP contribution >= 0.6 is 12.6 Å². The first-order valence-corrected chi connectivity index (χ1v) is 4.51. The first-order chi connectivity index (χ1) is 5.25. The molecule has 0 saturated heterocycles. The summed E-state index contributed by atoms with van der Waals surface area (Å²) in [5.41, 5.74) is 0. The lowest BCUT2D eigenvalue weighted by molar-refractivity contribution is 0.657. The van der Waals surface area contributed by atoms with Gasteiger partial charge in [0.1, 0.15) is 5.82 Å².